The van der Waals surface area contributed by atoms with Crippen molar-refractivity contribution in [2.75, 3.05) is 13.1 Å². The number of benzene rings is 1. The van der Waals surface area contributed by atoms with E-state index in [9.17, 15) is 14.7 Å². The Hall–Kier alpha value is -2.04. The second kappa shape index (κ2) is 6.61. The van der Waals surface area contributed by atoms with Crippen LogP contribution in [0.5, 0.6) is 0 Å². The summed E-state index contributed by atoms with van der Waals surface area (Å²) < 4.78 is 0. The molecule has 0 saturated carbocycles. The molecule has 0 radical (unpaired) electrons. The van der Waals surface area contributed by atoms with Gasteiger partial charge in [0.15, 0.2) is 0 Å². The molecule has 1 saturated heterocycles. The summed E-state index contributed by atoms with van der Waals surface area (Å²) in [5.41, 5.74) is 2.36. The van der Waals surface area contributed by atoms with Crippen molar-refractivity contribution in [2.24, 2.45) is 5.92 Å². The first-order valence-corrected chi connectivity index (χ1v) is 7.32. The molecule has 5 heteroatoms. The van der Waals surface area contributed by atoms with E-state index in [-0.39, 0.29) is 11.9 Å². The summed E-state index contributed by atoms with van der Waals surface area (Å²) in [6.07, 6.45) is 1.48. The number of hydrogen-bond acceptors (Lipinski definition) is 2. The Kier molecular flexibility index (Phi) is 4.83. The molecular formula is C16H22N2O3. The maximum Gasteiger partial charge on any atom is 0.326 e. The highest BCUT2D eigenvalue weighted by Gasteiger charge is 2.39. The van der Waals surface area contributed by atoms with Gasteiger partial charge in [-0.2, -0.15) is 0 Å². The Morgan fingerprint density at radius 2 is 2.19 bits per heavy atom. The van der Waals surface area contributed by atoms with E-state index >= 15 is 0 Å². The molecule has 2 N–H and O–H groups in total. The first kappa shape index (κ1) is 15.4. The smallest absolute Gasteiger partial charge is 0.326 e. The number of rotatable bonds is 4. The Balaban J connectivity index is 1.86. The van der Waals surface area contributed by atoms with Gasteiger partial charge in [-0.1, -0.05) is 36.8 Å². The van der Waals surface area contributed by atoms with E-state index in [0.717, 1.165) is 12.8 Å². The number of carboxylic acid groups (broad SMARTS) is 1. The van der Waals surface area contributed by atoms with Gasteiger partial charge >= 0.3 is 12.0 Å². The summed E-state index contributed by atoms with van der Waals surface area (Å²) in [5, 5.41) is 12.0. The van der Waals surface area contributed by atoms with E-state index in [1.165, 1.54) is 16.0 Å². The molecule has 1 fully saturated rings. The number of aryl methyl sites for hydroxylation is 1. The number of hydrogen-bond donors (Lipinski definition) is 2. The lowest BCUT2D eigenvalue weighted by atomic mass is 10.0. The van der Waals surface area contributed by atoms with Crippen LogP contribution in [0.2, 0.25) is 0 Å². The molecule has 1 aromatic rings. The van der Waals surface area contributed by atoms with Gasteiger partial charge in [0, 0.05) is 13.1 Å². The SMILES string of the molecule is Cc1cccc(CCNC(=O)N2CCC(C)C2C(=O)O)c1. The van der Waals surface area contributed by atoms with E-state index in [1.807, 2.05) is 32.0 Å². The van der Waals surface area contributed by atoms with Crippen LogP contribution in [-0.2, 0) is 11.2 Å². The predicted octanol–water partition coefficient (Wildman–Crippen LogP) is 2.04. The number of aliphatic carboxylic acids is 1. The minimum atomic E-state index is -0.922. The maximum atomic E-state index is 12.1. The van der Waals surface area contributed by atoms with Gasteiger partial charge in [0.1, 0.15) is 6.04 Å². The lowest BCUT2D eigenvalue weighted by Crippen LogP contribution is -2.47. The molecule has 5 nitrogen and oxygen atoms in total. The molecule has 1 aliphatic rings. The highest BCUT2D eigenvalue weighted by Crippen LogP contribution is 2.23. The van der Waals surface area contributed by atoms with Crippen molar-refractivity contribution < 1.29 is 14.7 Å². The largest absolute Gasteiger partial charge is 0.480 e. The highest BCUT2D eigenvalue weighted by molar-refractivity contribution is 5.83. The van der Waals surface area contributed by atoms with Crippen molar-refractivity contribution in [2.45, 2.75) is 32.7 Å². The van der Waals surface area contributed by atoms with Crippen molar-refractivity contribution in [3.05, 3.63) is 35.4 Å². The molecule has 1 heterocycles. The molecule has 2 atom stereocenters. The summed E-state index contributed by atoms with van der Waals surface area (Å²) in [5.74, 6) is -0.918. The zero-order valence-corrected chi connectivity index (χ0v) is 12.5. The van der Waals surface area contributed by atoms with E-state index in [0.29, 0.717) is 13.1 Å². The summed E-state index contributed by atoms with van der Waals surface area (Å²) in [4.78, 5) is 24.8. The lowest BCUT2D eigenvalue weighted by Gasteiger charge is -2.23. The first-order valence-electron chi connectivity index (χ1n) is 7.32. The summed E-state index contributed by atoms with van der Waals surface area (Å²) in [6, 6.07) is 7.16. The number of amides is 2. The normalized spacial score (nSPS) is 21.3. The molecular weight excluding hydrogens is 268 g/mol. The molecule has 21 heavy (non-hydrogen) atoms. The van der Waals surface area contributed by atoms with Gasteiger partial charge < -0.3 is 15.3 Å². The van der Waals surface area contributed by atoms with Gasteiger partial charge in [0.2, 0.25) is 0 Å². The minimum absolute atomic E-state index is 0.00465. The number of nitrogens with zero attached hydrogens (tertiary/aromatic N) is 1. The molecule has 2 unspecified atom stereocenters. The number of carbonyl (C=O) groups excluding carboxylic acids is 1. The van der Waals surface area contributed by atoms with Crippen molar-refractivity contribution in [3.63, 3.8) is 0 Å². The van der Waals surface area contributed by atoms with E-state index < -0.39 is 12.0 Å². The molecule has 0 aromatic heterocycles. The Labute approximate surface area is 125 Å². The van der Waals surface area contributed by atoms with Crippen molar-refractivity contribution in [3.8, 4) is 0 Å². The quantitative estimate of drug-likeness (QED) is 0.891. The maximum absolute atomic E-state index is 12.1. The fraction of sp³-hybridized carbons (Fsp3) is 0.500. The van der Waals surface area contributed by atoms with Crippen LogP contribution in [0.25, 0.3) is 0 Å². The number of urea groups is 1. The van der Waals surface area contributed by atoms with E-state index in [1.54, 1.807) is 0 Å². The number of carboxylic acids is 1. The first-order chi connectivity index (χ1) is 9.99. The van der Waals surface area contributed by atoms with Crippen LogP contribution < -0.4 is 5.32 Å². The topological polar surface area (TPSA) is 69.6 Å². The van der Waals surface area contributed by atoms with E-state index in [2.05, 4.69) is 11.4 Å². The third-order valence-electron chi connectivity index (χ3n) is 3.99. The van der Waals surface area contributed by atoms with Gasteiger partial charge in [0.05, 0.1) is 0 Å². The second-order valence-corrected chi connectivity index (χ2v) is 5.71. The molecule has 114 valence electrons. The Bertz CT molecular complexity index is 530. The van der Waals surface area contributed by atoms with Gasteiger partial charge in [0.25, 0.3) is 0 Å². The standard InChI is InChI=1S/C16H22N2O3/c1-11-4-3-5-13(10-11)6-8-17-16(21)18-9-7-12(2)14(18)15(19)20/h3-5,10,12,14H,6-9H2,1-2H3,(H,17,21)(H,19,20). The summed E-state index contributed by atoms with van der Waals surface area (Å²) in [7, 11) is 0. The van der Waals surface area contributed by atoms with Crippen LogP contribution in [0.4, 0.5) is 4.79 Å². The number of nitrogens with one attached hydrogen (secondary N) is 1. The molecule has 2 rings (SSSR count). The van der Waals surface area contributed by atoms with Gasteiger partial charge in [-0.05, 0) is 31.2 Å². The van der Waals surface area contributed by atoms with Crippen LogP contribution in [0, 0.1) is 12.8 Å². The molecule has 1 aliphatic heterocycles. The van der Waals surface area contributed by atoms with Crippen molar-refractivity contribution in [1.82, 2.24) is 10.2 Å². The fourth-order valence-electron chi connectivity index (χ4n) is 2.83. The Morgan fingerprint density at radius 3 is 2.86 bits per heavy atom. The Morgan fingerprint density at radius 1 is 1.43 bits per heavy atom. The average molecular weight is 290 g/mol. The van der Waals surface area contributed by atoms with Gasteiger partial charge in [-0.15, -0.1) is 0 Å². The van der Waals surface area contributed by atoms with Crippen molar-refractivity contribution >= 4 is 12.0 Å². The summed E-state index contributed by atoms with van der Waals surface area (Å²) >= 11 is 0. The third kappa shape index (κ3) is 3.74. The van der Waals surface area contributed by atoms with Gasteiger partial charge in [-0.25, -0.2) is 9.59 Å². The number of carbonyl (C=O) groups is 2. The minimum Gasteiger partial charge on any atom is -0.480 e. The van der Waals surface area contributed by atoms with Crippen LogP contribution in [-0.4, -0.2) is 41.1 Å². The summed E-state index contributed by atoms with van der Waals surface area (Å²) in [6.45, 7) is 4.93. The highest BCUT2D eigenvalue weighted by atomic mass is 16.4. The average Bonchev–Trinajstić information content (AvgIpc) is 2.81. The second-order valence-electron chi connectivity index (χ2n) is 5.71. The molecule has 0 bridgehead atoms. The van der Waals surface area contributed by atoms with Gasteiger partial charge in [-0.3, -0.25) is 0 Å². The zero-order valence-electron chi connectivity index (χ0n) is 12.5. The zero-order chi connectivity index (χ0) is 15.4. The van der Waals surface area contributed by atoms with E-state index in [4.69, 9.17) is 0 Å². The third-order valence-corrected chi connectivity index (χ3v) is 3.99. The van der Waals surface area contributed by atoms with Crippen LogP contribution >= 0.6 is 0 Å². The fourth-order valence-corrected chi connectivity index (χ4v) is 2.83. The predicted molar refractivity (Wildman–Crippen MR) is 80.2 cm³/mol. The van der Waals surface area contributed by atoms with Crippen LogP contribution in [0.15, 0.2) is 24.3 Å². The lowest BCUT2D eigenvalue weighted by molar-refractivity contribution is -0.142. The molecule has 0 aliphatic carbocycles. The van der Waals surface area contributed by atoms with Crippen LogP contribution in [0.1, 0.15) is 24.5 Å². The number of likely N-dealkylation sites (tertiary alicyclic amines) is 1. The molecule has 1 aromatic carbocycles. The molecule has 0 spiro atoms. The van der Waals surface area contributed by atoms with Crippen molar-refractivity contribution in [1.29, 1.82) is 0 Å². The monoisotopic (exact) mass is 290 g/mol. The van der Waals surface area contributed by atoms with Crippen LogP contribution in [0.3, 0.4) is 0 Å². The molecule has 2 amide bonds.